The number of benzene rings is 2. The van der Waals surface area contributed by atoms with Crippen molar-refractivity contribution in [1.29, 1.82) is 0 Å². The maximum Gasteiger partial charge on any atom is 0.416 e. The maximum absolute atomic E-state index is 13.0. The van der Waals surface area contributed by atoms with Gasteiger partial charge in [0.1, 0.15) is 5.75 Å². The Morgan fingerprint density at radius 2 is 1.93 bits per heavy atom. The molecule has 0 saturated heterocycles. The van der Waals surface area contributed by atoms with Crippen LogP contribution in [0.5, 0.6) is 5.75 Å². The average Bonchev–Trinajstić information content (AvgIpc) is 3.53. The summed E-state index contributed by atoms with van der Waals surface area (Å²) < 4.78 is 44.4. The van der Waals surface area contributed by atoms with E-state index < -0.39 is 11.7 Å². The van der Waals surface area contributed by atoms with Crippen molar-refractivity contribution in [2.75, 3.05) is 19.0 Å². The van der Waals surface area contributed by atoms with Gasteiger partial charge in [-0.3, -0.25) is 9.69 Å². The van der Waals surface area contributed by atoms with Gasteiger partial charge >= 0.3 is 6.18 Å². The van der Waals surface area contributed by atoms with Crippen molar-refractivity contribution in [1.82, 2.24) is 4.90 Å². The van der Waals surface area contributed by atoms with Crippen LogP contribution in [0.4, 0.5) is 18.9 Å². The largest absolute Gasteiger partial charge is 0.495 e. The zero-order valence-electron chi connectivity index (χ0n) is 16.5. The molecule has 2 aromatic rings. The lowest BCUT2D eigenvalue weighted by Crippen LogP contribution is -2.32. The second kappa shape index (κ2) is 8.86. The topological polar surface area (TPSA) is 41.6 Å². The summed E-state index contributed by atoms with van der Waals surface area (Å²) in [7, 11) is 1.54. The SMILES string of the molecule is COc1ccccc1NC(=O)CCN(C1CC1)C(C)c1cccc(C(F)(F)F)c1. The number of anilines is 1. The molecular formula is C22H25F3N2O2. The van der Waals surface area contributed by atoms with Crippen LogP contribution >= 0.6 is 0 Å². The second-order valence-corrected chi connectivity index (χ2v) is 7.27. The summed E-state index contributed by atoms with van der Waals surface area (Å²) in [5, 5.41) is 2.84. The Morgan fingerprint density at radius 1 is 1.21 bits per heavy atom. The van der Waals surface area contributed by atoms with Crippen molar-refractivity contribution in [2.24, 2.45) is 0 Å². The lowest BCUT2D eigenvalue weighted by Gasteiger charge is -2.29. The molecule has 1 unspecified atom stereocenters. The van der Waals surface area contributed by atoms with Gasteiger partial charge in [0.25, 0.3) is 0 Å². The molecular weight excluding hydrogens is 381 g/mol. The van der Waals surface area contributed by atoms with E-state index >= 15 is 0 Å². The number of hydrogen-bond donors (Lipinski definition) is 1. The Labute approximate surface area is 168 Å². The first-order valence-electron chi connectivity index (χ1n) is 9.65. The van der Waals surface area contributed by atoms with E-state index in [9.17, 15) is 18.0 Å². The fourth-order valence-corrected chi connectivity index (χ4v) is 3.46. The summed E-state index contributed by atoms with van der Waals surface area (Å²) in [4.78, 5) is 14.6. The van der Waals surface area contributed by atoms with Crippen LogP contribution in [0.1, 0.15) is 43.4 Å². The highest BCUT2D eigenvalue weighted by molar-refractivity contribution is 5.92. The number of alkyl halides is 3. The number of para-hydroxylation sites is 2. The van der Waals surface area contributed by atoms with Crippen molar-refractivity contribution in [3.05, 3.63) is 59.7 Å². The molecule has 0 bridgehead atoms. The molecule has 3 rings (SSSR count). The highest BCUT2D eigenvalue weighted by atomic mass is 19.4. The fourth-order valence-electron chi connectivity index (χ4n) is 3.46. The summed E-state index contributed by atoms with van der Waals surface area (Å²) in [6, 6.07) is 12.7. The van der Waals surface area contributed by atoms with E-state index in [1.54, 1.807) is 18.2 Å². The molecule has 2 aromatic carbocycles. The van der Waals surface area contributed by atoms with E-state index in [1.165, 1.54) is 19.2 Å². The third kappa shape index (κ3) is 5.50. The minimum atomic E-state index is -4.37. The number of amides is 1. The van der Waals surface area contributed by atoms with Gasteiger partial charge in [0.2, 0.25) is 5.91 Å². The third-order valence-corrected chi connectivity index (χ3v) is 5.19. The Kier molecular flexibility index (Phi) is 6.47. The van der Waals surface area contributed by atoms with Crippen molar-refractivity contribution in [3.8, 4) is 5.75 Å². The molecule has 7 heteroatoms. The molecule has 1 aliphatic carbocycles. The molecule has 1 fully saturated rings. The van der Waals surface area contributed by atoms with Crippen LogP contribution in [-0.2, 0) is 11.0 Å². The van der Waals surface area contributed by atoms with Gasteiger partial charge in [-0.15, -0.1) is 0 Å². The number of carbonyl (C=O) groups excluding carboxylic acids is 1. The first-order chi connectivity index (χ1) is 13.8. The molecule has 1 N–H and O–H groups in total. The Bertz CT molecular complexity index is 850. The van der Waals surface area contributed by atoms with Gasteiger partial charge in [0.05, 0.1) is 18.4 Å². The first-order valence-corrected chi connectivity index (χ1v) is 9.65. The number of ether oxygens (including phenoxy) is 1. The summed E-state index contributed by atoms with van der Waals surface area (Å²) in [5.41, 5.74) is 0.562. The quantitative estimate of drug-likeness (QED) is 0.650. The van der Waals surface area contributed by atoms with Crippen molar-refractivity contribution in [3.63, 3.8) is 0 Å². The molecule has 1 amide bonds. The molecule has 0 spiro atoms. The lowest BCUT2D eigenvalue weighted by atomic mass is 10.0. The second-order valence-electron chi connectivity index (χ2n) is 7.27. The molecule has 1 saturated carbocycles. The predicted octanol–water partition coefficient (Wildman–Crippen LogP) is 5.27. The van der Waals surface area contributed by atoms with E-state index in [0.717, 1.165) is 18.9 Å². The molecule has 156 valence electrons. The first kappa shape index (κ1) is 21.2. The zero-order valence-corrected chi connectivity index (χ0v) is 16.5. The summed E-state index contributed by atoms with van der Waals surface area (Å²) >= 11 is 0. The molecule has 0 radical (unpaired) electrons. The van der Waals surface area contributed by atoms with Gasteiger partial charge in [-0.2, -0.15) is 13.2 Å². The minimum absolute atomic E-state index is 0.156. The van der Waals surface area contributed by atoms with Gasteiger partial charge in [-0.05, 0) is 49.6 Å². The van der Waals surface area contributed by atoms with Gasteiger partial charge in [-0.1, -0.05) is 24.3 Å². The Hall–Kier alpha value is -2.54. The molecule has 29 heavy (non-hydrogen) atoms. The van der Waals surface area contributed by atoms with Crippen LogP contribution < -0.4 is 10.1 Å². The van der Waals surface area contributed by atoms with Crippen LogP contribution in [0.25, 0.3) is 0 Å². The van der Waals surface area contributed by atoms with E-state index in [-0.39, 0.29) is 18.4 Å². The van der Waals surface area contributed by atoms with Crippen LogP contribution in [0.3, 0.4) is 0 Å². The Balaban J connectivity index is 1.65. The fraction of sp³-hybridized carbons (Fsp3) is 0.409. The highest BCUT2D eigenvalue weighted by Crippen LogP contribution is 2.36. The molecule has 0 heterocycles. The molecule has 4 nitrogen and oxygen atoms in total. The standard InChI is InChI=1S/C22H25F3N2O2/c1-15(16-6-5-7-17(14-16)22(23,24)25)27(18-10-11-18)13-12-21(28)26-19-8-3-4-9-20(19)29-2/h3-9,14-15,18H,10-13H2,1-2H3,(H,26,28). The van der Waals surface area contributed by atoms with Gasteiger partial charge < -0.3 is 10.1 Å². The van der Waals surface area contributed by atoms with E-state index in [0.29, 0.717) is 29.6 Å². The molecule has 1 atom stereocenters. The van der Waals surface area contributed by atoms with Crippen LogP contribution in [0.15, 0.2) is 48.5 Å². The predicted molar refractivity (Wildman–Crippen MR) is 106 cm³/mol. The lowest BCUT2D eigenvalue weighted by molar-refractivity contribution is -0.137. The van der Waals surface area contributed by atoms with Crippen LogP contribution in [0.2, 0.25) is 0 Å². The number of hydrogen-bond acceptors (Lipinski definition) is 3. The van der Waals surface area contributed by atoms with Crippen molar-refractivity contribution < 1.29 is 22.7 Å². The minimum Gasteiger partial charge on any atom is -0.495 e. The molecule has 1 aliphatic rings. The van der Waals surface area contributed by atoms with Gasteiger partial charge in [-0.25, -0.2) is 0 Å². The van der Waals surface area contributed by atoms with E-state index in [2.05, 4.69) is 10.2 Å². The van der Waals surface area contributed by atoms with Gasteiger partial charge in [0, 0.05) is 25.0 Å². The van der Waals surface area contributed by atoms with Crippen LogP contribution in [0, 0.1) is 0 Å². The van der Waals surface area contributed by atoms with Crippen molar-refractivity contribution in [2.45, 2.75) is 44.4 Å². The normalized spacial score (nSPS) is 15.2. The smallest absolute Gasteiger partial charge is 0.416 e. The number of nitrogens with one attached hydrogen (secondary N) is 1. The highest BCUT2D eigenvalue weighted by Gasteiger charge is 2.35. The molecule has 0 aromatic heterocycles. The third-order valence-electron chi connectivity index (χ3n) is 5.19. The Morgan fingerprint density at radius 3 is 2.59 bits per heavy atom. The van der Waals surface area contributed by atoms with E-state index in [4.69, 9.17) is 4.74 Å². The van der Waals surface area contributed by atoms with Crippen molar-refractivity contribution >= 4 is 11.6 Å². The number of methoxy groups -OCH3 is 1. The monoisotopic (exact) mass is 406 g/mol. The number of rotatable bonds is 8. The average molecular weight is 406 g/mol. The number of nitrogens with zero attached hydrogens (tertiary/aromatic N) is 1. The van der Waals surface area contributed by atoms with Gasteiger partial charge in [0.15, 0.2) is 0 Å². The molecule has 0 aliphatic heterocycles. The zero-order chi connectivity index (χ0) is 21.0. The van der Waals surface area contributed by atoms with E-state index in [1.807, 2.05) is 19.1 Å². The summed E-state index contributed by atoms with van der Waals surface area (Å²) in [6.45, 7) is 2.37. The number of halogens is 3. The maximum atomic E-state index is 13.0. The summed E-state index contributed by atoms with van der Waals surface area (Å²) in [5.74, 6) is 0.425. The number of carbonyl (C=O) groups is 1. The van der Waals surface area contributed by atoms with Crippen LogP contribution in [-0.4, -0.2) is 30.5 Å². The summed E-state index contributed by atoms with van der Waals surface area (Å²) in [6.07, 6.45) is -2.12.